The second kappa shape index (κ2) is 10.7. The van der Waals surface area contributed by atoms with Gasteiger partial charge in [0.2, 0.25) is 0 Å². The van der Waals surface area contributed by atoms with E-state index in [0.29, 0.717) is 20.8 Å². The number of aromatic nitrogens is 1. The van der Waals surface area contributed by atoms with Crippen molar-refractivity contribution in [3.8, 4) is 11.5 Å². The van der Waals surface area contributed by atoms with Crippen LogP contribution in [-0.2, 0) is 17.6 Å². The van der Waals surface area contributed by atoms with E-state index in [1.807, 2.05) is 6.92 Å². The minimum Gasteiger partial charge on any atom is -0.456 e. The standard InChI is InChI=1S/C26H22F2N2O4S/c1-15-2-5-20(27)17(10-15)12-18(32)11-16-3-4-19(13-21(16)28)34-23-6-7-29-22-14-24(35-25(22)23)26(33)30-8-9-31/h2-7,10,13-14,31H,8-9,11-12H2,1H3,(H,30,33). The van der Waals surface area contributed by atoms with Crippen LogP contribution in [0, 0.1) is 18.6 Å². The zero-order chi connectivity index (χ0) is 24.9. The fraction of sp³-hybridized carbons (Fsp3) is 0.192. The molecule has 2 N–H and O–H groups in total. The second-order valence-corrected chi connectivity index (χ2v) is 9.01. The molecule has 0 fully saturated rings. The highest BCUT2D eigenvalue weighted by Crippen LogP contribution is 2.35. The fourth-order valence-electron chi connectivity index (χ4n) is 3.55. The SMILES string of the molecule is Cc1ccc(F)c(CC(=O)Cc2ccc(Oc3ccnc4cc(C(=O)NCCO)sc34)cc2F)c1. The first-order valence-corrected chi connectivity index (χ1v) is 11.7. The van der Waals surface area contributed by atoms with Crippen LogP contribution < -0.4 is 10.1 Å². The van der Waals surface area contributed by atoms with E-state index in [1.54, 1.807) is 30.3 Å². The van der Waals surface area contributed by atoms with Gasteiger partial charge in [0.25, 0.3) is 5.91 Å². The summed E-state index contributed by atoms with van der Waals surface area (Å²) in [5, 5.41) is 11.5. The first-order chi connectivity index (χ1) is 16.8. The molecule has 180 valence electrons. The van der Waals surface area contributed by atoms with Crippen molar-refractivity contribution in [3.05, 3.63) is 87.9 Å². The van der Waals surface area contributed by atoms with Gasteiger partial charge in [-0.05, 0) is 36.2 Å². The third-order valence-electron chi connectivity index (χ3n) is 5.23. The summed E-state index contributed by atoms with van der Waals surface area (Å²) in [6.45, 7) is 1.78. The molecule has 0 saturated heterocycles. The van der Waals surface area contributed by atoms with Crippen molar-refractivity contribution in [2.45, 2.75) is 19.8 Å². The number of hydrogen-bond acceptors (Lipinski definition) is 6. The van der Waals surface area contributed by atoms with Gasteiger partial charge < -0.3 is 15.2 Å². The number of nitrogens with zero attached hydrogens (tertiary/aromatic N) is 1. The van der Waals surface area contributed by atoms with Crippen LogP contribution in [0.4, 0.5) is 8.78 Å². The highest BCUT2D eigenvalue weighted by molar-refractivity contribution is 7.21. The maximum absolute atomic E-state index is 14.7. The zero-order valence-corrected chi connectivity index (χ0v) is 19.6. The molecule has 0 aliphatic rings. The summed E-state index contributed by atoms with van der Waals surface area (Å²) in [7, 11) is 0. The number of carbonyl (C=O) groups excluding carboxylic acids is 2. The lowest BCUT2D eigenvalue weighted by Gasteiger charge is -2.09. The predicted molar refractivity (Wildman–Crippen MR) is 129 cm³/mol. The lowest BCUT2D eigenvalue weighted by atomic mass is 10.0. The van der Waals surface area contributed by atoms with Gasteiger partial charge in [-0.1, -0.05) is 23.8 Å². The van der Waals surface area contributed by atoms with Gasteiger partial charge in [0.1, 0.15) is 28.9 Å². The molecule has 4 rings (SSSR count). The molecule has 0 unspecified atom stereocenters. The summed E-state index contributed by atoms with van der Waals surface area (Å²) < 4.78 is 35.2. The summed E-state index contributed by atoms with van der Waals surface area (Å²) in [5.74, 6) is -1.09. The van der Waals surface area contributed by atoms with Crippen molar-refractivity contribution >= 4 is 33.2 Å². The Labute approximate surface area is 204 Å². The summed E-state index contributed by atoms with van der Waals surface area (Å²) in [6, 6.07) is 12.0. The molecule has 0 aliphatic heterocycles. The minimum absolute atomic E-state index is 0.118. The summed E-state index contributed by atoms with van der Waals surface area (Å²) in [4.78, 5) is 29.3. The molecule has 4 aromatic rings. The first kappa shape index (κ1) is 24.4. The van der Waals surface area contributed by atoms with E-state index in [0.717, 1.165) is 5.56 Å². The van der Waals surface area contributed by atoms with E-state index in [1.165, 1.54) is 35.7 Å². The van der Waals surface area contributed by atoms with Gasteiger partial charge in [-0.3, -0.25) is 14.6 Å². The largest absolute Gasteiger partial charge is 0.456 e. The number of aliphatic hydroxyl groups is 1. The van der Waals surface area contributed by atoms with Gasteiger partial charge in [0, 0.05) is 37.7 Å². The molecule has 0 saturated carbocycles. The number of carbonyl (C=O) groups is 2. The monoisotopic (exact) mass is 496 g/mol. The van der Waals surface area contributed by atoms with E-state index in [2.05, 4.69) is 10.3 Å². The predicted octanol–water partition coefficient (Wildman–Crippen LogP) is 4.75. The highest BCUT2D eigenvalue weighted by Gasteiger charge is 2.16. The number of halogens is 2. The molecule has 2 heterocycles. The molecule has 6 nitrogen and oxygen atoms in total. The molecule has 0 aliphatic carbocycles. The van der Waals surface area contributed by atoms with Crippen molar-refractivity contribution in [2.75, 3.05) is 13.2 Å². The lowest BCUT2D eigenvalue weighted by Crippen LogP contribution is -2.25. The lowest BCUT2D eigenvalue weighted by molar-refractivity contribution is -0.117. The molecular formula is C26H22F2N2O4S. The van der Waals surface area contributed by atoms with Gasteiger partial charge >= 0.3 is 0 Å². The molecule has 35 heavy (non-hydrogen) atoms. The van der Waals surface area contributed by atoms with Crippen LogP contribution in [-0.4, -0.2) is 34.9 Å². The van der Waals surface area contributed by atoms with Crippen molar-refractivity contribution in [1.29, 1.82) is 0 Å². The van der Waals surface area contributed by atoms with Crippen LogP contribution in [0.25, 0.3) is 10.2 Å². The Balaban J connectivity index is 1.48. The molecule has 9 heteroatoms. The number of benzene rings is 2. The molecule has 0 spiro atoms. The van der Waals surface area contributed by atoms with Gasteiger partial charge in [-0.15, -0.1) is 11.3 Å². The van der Waals surface area contributed by atoms with E-state index >= 15 is 0 Å². The number of Topliss-reactive ketones (excluding diaryl/α,β-unsaturated/α-hetero) is 1. The van der Waals surface area contributed by atoms with Crippen LogP contribution in [0.1, 0.15) is 26.4 Å². The van der Waals surface area contributed by atoms with Gasteiger partial charge in [-0.2, -0.15) is 0 Å². The number of pyridine rings is 1. The van der Waals surface area contributed by atoms with Crippen LogP contribution in [0.15, 0.2) is 54.7 Å². The molecule has 0 atom stereocenters. The number of nitrogens with one attached hydrogen (secondary N) is 1. The average molecular weight is 497 g/mol. The van der Waals surface area contributed by atoms with Crippen molar-refractivity contribution in [1.82, 2.24) is 10.3 Å². The number of ether oxygens (including phenoxy) is 1. The average Bonchev–Trinajstić information content (AvgIpc) is 3.27. The fourth-order valence-corrected chi connectivity index (χ4v) is 4.53. The van der Waals surface area contributed by atoms with Crippen LogP contribution in [0.2, 0.25) is 0 Å². The van der Waals surface area contributed by atoms with E-state index in [-0.39, 0.29) is 54.6 Å². The number of rotatable bonds is 9. The van der Waals surface area contributed by atoms with E-state index in [9.17, 15) is 18.4 Å². The maximum atomic E-state index is 14.7. The Bertz CT molecular complexity index is 1400. The zero-order valence-electron chi connectivity index (χ0n) is 18.8. The number of hydrogen-bond donors (Lipinski definition) is 2. The maximum Gasteiger partial charge on any atom is 0.261 e. The van der Waals surface area contributed by atoms with Gasteiger partial charge in [0.05, 0.1) is 21.7 Å². The van der Waals surface area contributed by atoms with Gasteiger partial charge in [-0.25, -0.2) is 8.78 Å². The number of ketones is 1. The second-order valence-electron chi connectivity index (χ2n) is 7.96. The van der Waals surface area contributed by atoms with E-state index in [4.69, 9.17) is 9.84 Å². The summed E-state index contributed by atoms with van der Waals surface area (Å²) >= 11 is 1.17. The molecule has 1 amide bonds. The Hall–Kier alpha value is -3.69. The summed E-state index contributed by atoms with van der Waals surface area (Å²) in [5.41, 5.74) is 1.87. The Morgan fingerprint density at radius 1 is 1.03 bits per heavy atom. The molecule has 0 bridgehead atoms. The minimum atomic E-state index is -0.610. The number of thiophene rings is 1. The van der Waals surface area contributed by atoms with Crippen molar-refractivity contribution < 1.29 is 28.2 Å². The number of aliphatic hydroxyl groups excluding tert-OH is 1. The Morgan fingerprint density at radius 2 is 1.83 bits per heavy atom. The number of fused-ring (bicyclic) bond motifs is 1. The first-order valence-electron chi connectivity index (χ1n) is 10.8. The van der Waals surface area contributed by atoms with Crippen LogP contribution in [0.3, 0.4) is 0 Å². The van der Waals surface area contributed by atoms with Crippen LogP contribution in [0.5, 0.6) is 11.5 Å². The summed E-state index contributed by atoms with van der Waals surface area (Å²) in [6.07, 6.45) is 1.23. The molecular weight excluding hydrogens is 474 g/mol. The highest BCUT2D eigenvalue weighted by atomic mass is 32.1. The van der Waals surface area contributed by atoms with Crippen molar-refractivity contribution in [2.24, 2.45) is 0 Å². The molecule has 0 radical (unpaired) electrons. The molecule has 2 aromatic carbocycles. The normalized spacial score (nSPS) is 11.0. The van der Waals surface area contributed by atoms with Gasteiger partial charge in [0.15, 0.2) is 0 Å². The van der Waals surface area contributed by atoms with Crippen molar-refractivity contribution in [3.63, 3.8) is 0 Å². The Morgan fingerprint density at radius 3 is 2.60 bits per heavy atom. The third kappa shape index (κ3) is 5.87. The van der Waals surface area contributed by atoms with Crippen LogP contribution >= 0.6 is 11.3 Å². The number of aryl methyl sites for hydroxylation is 1. The smallest absolute Gasteiger partial charge is 0.261 e. The quantitative estimate of drug-likeness (QED) is 0.349. The topological polar surface area (TPSA) is 88.5 Å². The Kier molecular flexibility index (Phi) is 7.48. The third-order valence-corrected chi connectivity index (χ3v) is 6.36. The number of amides is 1. The molecule has 2 aromatic heterocycles. The van der Waals surface area contributed by atoms with E-state index < -0.39 is 11.6 Å².